The Kier molecular flexibility index (Phi) is 6.49. The van der Waals surface area contributed by atoms with Crippen molar-refractivity contribution in [2.75, 3.05) is 25.5 Å². The standard InChI is InChI=1S/C20H19Cl2F3N2O2/c1-29-17-5-2-12(10-16(17)22)11-26-18-14-7-9-27(19(28)20(23,24)25)8-6-13(14)3-4-15(18)21/h2-5,10,26H,6-9,11H2,1H3. The molecule has 3 rings (SSSR count). The number of methoxy groups -OCH3 is 1. The molecular weight excluding hydrogens is 428 g/mol. The first-order valence-electron chi connectivity index (χ1n) is 8.93. The van der Waals surface area contributed by atoms with Gasteiger partial charge in [-0.15, -0.1) is 0 Å². The number of alkyl halides is 3. The molecule has 0 saturated heterocycles. The van der Waals surface area contributed by atoms with Crippen molar-refractivity contribution >= 4 is 34.8 Å². The molecule has 1 amide bonds. The minimum atomic E-state index is -4.87. The van der Waals surface area contributed by atoms with Crippen LogP contribution in [0.2, 0.25) is 10.0 Å². The molecule has 1 aliphatic heterocycles. The van der Waals surface area contributed by atoms with E-state index in [1.54, 1.807) is 24.3 Å². The molecule has 0 atom stereocenters. The number of carbonyl (C=O) groups is 1. The minimum Gasteiger partial charge on any atom is -0.495 e. The van der Waals surface area contributed by atoms with Crippen LogP contribution in [0.5, 0.6) is 5.75 Å². The number of halogens is 5. The number of hydrogen-bond donors (Lipinski definition) is 1. The first kappa shape index (κ1) is 21.6. The Labute approximate surface area is 176 Å². The second kappa shape index (κ2) is 8.71. The lowest BCUT2D eigenvalue weighted by Gasteiger charge is -2.21. The second-order valence-corrected chi connectivity index (χ2v) is 7.49. The molecular formula is C20H19Cl2F3N2O2. The lowest BCUT2D eigenvalue weighted by Crippen LogP contribution is -2.42. The van der Waals surface area contributed by atoms with Gasteiger partial charge >= 0.3 is 12.1 Å². The zero-order valence-electron chi connectivity index (χ0n) is 15.6. The average molecular weight is 447 g/mol. The van der Waals surface area contributed by atoms with Crippen LogP contribution in [-0.2, 0) is 24.2 Å². The number of nitrogens with zero attached hydrogens (tertiary/aromatic N) is 1. The third-order valence-electron chi connectivity index (χ3n) is 4.86. The van der Waals surface area contributed by atoms with E-state index in [0.29, 0.717) is 34.4 Å². The largest absolute Gasteiger partial charge is 0.495 e. The van der Waals surface area contributed by atoms with Gasteiger partial charge in [-0.05, 0) is 47.7 Å². The lowest BCUT2D eigenvalue weighted by molar-refractivity contribution is -0.185. The highest BCUT2D eigenvalue weighted by Crippen LogP contribution is 2.33. The number of rotatable bonds is 4. The summed E-state index contributed by atoms with van der Waals surface area (Å²) in [7, 11) is 1.53. The maximum atomic E-state index is 12.8. The third kappa shape index (κ3) is 4.90. The predicted octanol–water partition coefficient (Wildman–Crippen LogP) is 5.10. The molecule has 0 spiro atoms. The summed E-state index contributed by atoms with van der Waals surface area (Å²) in [6.07, 6.45) is -4.26. The summed E-state index contributed by atoms with van der Waals surface area (Å²) < 4.78 is 43.5. The molecule has 1 aliphatic rings. The first-order valence-corrected chi connectivity index (χ1v) is 9.69. The Balaban J connectivity index is 1.79. The molecule has 9 heteroatoms. The quantitative estimate of drug-likeness (QED) is 0.709. The topological polar surface area (TPSA) is 41.6 Å². The highest BCUT2D eigenvalue weighted by atomic mass is 35.5. The van der Waals surface area contributed by atoms with Gasteiger partial charge in [0, 0.05) is 19.6 Å². The zero-order valence-corrected chi connectivity index (χ0v) is 17.1. The Morgan fingerprint density at radius 3 is 2.52 bits per heavy atom. The molecule has 0 unspecified atom stereocenters. The van der Waals surface area contributed by atoms with Crippen LogP contribution in [0.3, 0.4) is 0 Å². The van der Waals surface area contributed by atoms with E-state index >= 15 is 0 Å². The molecule has 0 aliphatic carbocycles. The smallest absolute Gasteiger partial charge is 0.471 e. The second-order valence-electron chi connectivity index (χ2n) is 6.67. The Hall–Kier alpha value is -2.12. The van der Waals surface area contributed by atoms with E-state index in [2.05, 4.69) is 5.32 Å². The number of anilines is 1. The molecule has 0 radical (unpaired) electrons. The fourth-order valence-electron chi connectivity index (χ4n) is 3.38. The van der Waals surface area contributed by atoms with Gasteiger partial charge in [-0.3, -0.25) is 4.79 Å². The Bertz CT molecular complexity index is 919. The minimum absolute atomic E-state index is 0.0144. The van der Waals surface area contributed by atoms with E-state index in [0.717, 1.165) is 21.6 Å². The molecule has 2 aromatic carbocycles. The van der Waals surface area contributed by atoms with Crippen molar-refractivity contribution in [3.05, 3.63) is 57.1 Å². The number of nitrogens with one attached hydrogen (secondary N) is 1. The van der Waals surface area contributed by atoms with Crippen molar-refractivity contribution in [2.45, 2.75) is 25.6 Å². The summed E-state index contributed by atoms with van der Waals surface area (Å²) in [5.74, 6) is -1.24. The summed E-state index contributed by atoms with van der Waals surface area (Å²) in [6.45, 7) is 0.417. The number of amides is 1. The van der Waals surface area contributed by atoms with Crippen molar-refractivity contribution in [3.63, 3.8) is 0 Å². The van der Waals surface area contributed by atoms with E-state index < -0.39 is 12.1 Å². The maximum Gasteiger partial charge on any atom is 0.471 e. The maximum absolute atomic E-state index is 12.8. The third-order valence-corrected chi connectivity index (χ3v) is 5.47. The van der Waals surface area contributed by atoms with Gasteiger partial charge in [0.1, 0.15) is 5.75 Å². The van der Waals surface area contributed by atoms with E-state index in [1.807, 2.05) is 6.07 Å². The van der Waals surface area contributed by atoms with Crippen LogP contribution in [0.25, 0.3) is 0 Å². The van der Waals surface area contributed by atoms with Gasteiger partial charge in [-0.2, -0.15) is 13.2 Å². The van der Waals surface area contributed by atoms with Crippen LogP contribution < -0.4 is 10.1 Å². The van der Waals surface area contributed by atoms with Gasteiger partial charge in [0.2, 0.25) is 0 Å². The zero-order chi connectivity index (χ0) is 21.2. The fourth-order valence-corrected chi connectivity index (χ4v) is 3.90. The average Bonchev–Trinajstić information content (AvgIpc) is 2.88. The highest BCUT2D eigenvalue weighted by molar-refractivity contribution is 6.33. The van der Waals surface area contributed by atoms with Crippen LogP contribution in [0.4, 0.5) is 18.9 Å². The number of fused-ring (bicyclic) bond motifs is 1. The molecule has 156 valence electrons. The SMILES string of the molecule is COc1ccc(CNc2c(Cl)ccc3c2CCN(C(=O)C(F)(F)F)CC3)cc1Cl. The summed E-state index contributed by atoms with van der Waals surface area (Å²) in [5.41, 5.74) is 3.26. The van der Waals surface area contributed by atoms with E-state index in [-0.39, 0.29) is 19.5 Å². The molecule has 0 aromatic heterocycles. The number of hydrogen-bond acceptors (Lipinski definition) is 3. The molecule has 1 heterocycles. The van der Waals surface area contributed by atoms with Crippen LogP contribution in [-0.4, -0.2) is 37.2 Å². The van der Waals surface area contributed by atoms with Gasteiger partial charge in [0.15, 0.2) is 0 Å². The van der Waals surface area contributed by atoms with Crippen molar-refractivity contribution in [1.29, 1.82) is 0 Å². The number of carbonyl (C=O) groups excluding carboxylic acids is 1. The highest BCUT2D eigenvalue weighted by Gasteiger charge is 2.42. The summed E-state index contributed by atoms with van der Waals surface area (Å²) >= 11 is 12.5. The summed E-state index contributed by atoms with van der Waals surface area (Å²) in [5, 5.41) is 4.22. The van der Waals surface area contributed by atoms with Gasteiger partial charge in [-0.25, -0.2) is 0 Å². The van der Waals surface area contributed by atoms with E-state index in [1.165, 1.54) is 7.11 Å². The van der Waals surface area contributed by atoms with Gasteiger partial charge in [-0.1, -0.05) is 35.3 Å². The first-order chi connectivity index (χ1) is 13.7. The van der Waals surface area contributed by atoms with Crippen LogP contribution in [0.15, 0.2) is 30.3 Å². The van der Waals surface area contributed by atoms with E-state index in [9.17, 15) is 18.0 Å². The van der Waals surface area contributed by atoms with Crippen LogP contribution >= 0.6 is 23.2 Å². The van der Waals surface area contributed by atoms with Gasteiger partial charge in [0.25, 0.3) is 0 Å². The monoisotopic (exact) mass is 446 g/mol. The van der Waals surface area contributed by atoms with Crippen molar-refractivity contribution in [2.24, 2.45) is 0 Å². The van der Waals surface area contributed by atoms with Gasteiger partial charge in [0.05, 0.1) is 22.8 Å². The van der Waals surface area contributed by atoms with Gasteiger partial charge < -0.3 is 15.0 Å². The van der Waals surface area contributed by atoms with E-state index in [4.69, 9.17) is 27.9 Å². The molecule has 29 heavy (non-hydrogen) atoms. The molecule has 0 saturated carbocycles. The normalized spacial score (nSPS) is 14.2. The Morgan fingerprint density at radius 1 is 1.14 bits per heavy atom. The molecule has 0 fully saturated rings. The molecule has 2 aromatic rings. The summed E-state index contributed by atoms with van der Waals surface area (Å²) in [4.78, 5) is 12.5. The van der Waals surface area contributed by atoms with Crippen molar-refractivity contribution in [3.8, 4) is 5.75 Å². The number of ether oxygens (including phenoxy) is 1. The molecule has 1 N–H and O–H groups in total. The number of benzene rings is 2. The lowest BCUT2D eigenvalue weighted by atomic mass is 10.0. The Morgan fingerprint density at radius 2 is 1.86 bits per heavy atom. The predicted molar refractivity (Wildman–Crippen MR) is 107 cm³/mol. The molecule has 4 nitrogen and oxygen atoms in total. The van der Waals surface area contributed by atoms with Crippen LogP contribution in [0, 0.1) is 0 Å². The molecule has 0 bridgehead atoms. The van der Waals surface area contributed by atoms with Crippen molar-refractivity contribution < 1.29 is 22.7 Å². The van der Waals surface area contributed by atoms with Crippen molar-refractivity contribution in [1.82, 2.24) is 4.90 Å². The van der Waals surface area contributed by atoms with Crippen LogP contribution in [0.1, 0.15) is 16.7 Å². The fraction of sp³-hybridized carbons (Fsp3) is 0.350. The summed E-state index contributed by atoms with van der Waals surface area (Å²) in [6, 6.07) is 8.90.